The highest BCUT2D eigenvalue weighted by molar-refractivity contribution is 7.93. The van der Waals surface area contributed by atoms with Crippen molar-refractivity contribution in [2.24, 2.45) is 0 Å². The van der Waals surface area contributed by atoms with Crippen LogP contribution in [0.5, 0.6) is 0 Å². The quantitative estimate of drug-likeness (QED) is 0.606. The molecule has 6 heteroatoms. The fourth-order valence-corrected chi connectivity index (χ4v) is 4.57. The molecule has 3 aromatic rings. The van der Waals surface area contributed by atoms with Gasteiger partial charge in [0.25, 0.3) is 10.0 Å². The topological polar surface area (TPSA) is 54.5 Å². The first-order valence-electron chi connectivity index (χ1n) is 8.10. The number of rotatable bonds is 5. The molecule has 134 valence electrons. The number of carbonyl (C=O) groups is 1. The number of nitrogens with zero attached hydrogens (tertiary/aromatic N) is 1. The van der Waals surface area contributed by atoms with Gasteiger partial charge in [-0.05, 0) is 60.5 Å². The molecule has 0 bridgehead atoms. The Kier molecular flexibility index (Phi) is 5.03. The van der Waals surface area contributed by atoms with Crippen molar-refractivity contribution in [2.75, 3.05) is 4.31 Å². The van der Waals surface area contributed by atoms with Crippen LogP contribution in [0.25, 0.3) is 10.8 Å². The van der Waals surface area contributed by atoms with Crippen LogP contribution >= 0.6 is 11.6 Å². The van der Waals surface area contributed by atoms with Gasteiger partial charge in [0.15, 0.2) is 0 Å². The van der Waals surface area contributed by atoms with Gasteiger partial charge in [-0.3, -0.25) is 9.10 Å². The molecular formula is C20H18ClNO3S. The Balaban J connectivity index is 2.18. The molecule has 0 aliphatic heterocycles. The Labute approximate surface area is 158 Å². The lowest BCUT2D eigenvalue weighted by molar-refractivity contribution is -0.112. The van der Waals surface area contributed by atoms with Crippen molar-refractivity contribution in [3.63, 3.8) is 0 Å². The number of fused-ring (bicyclic) bond motifs is 1. The maximum atomic E-state index is 13.2. The first-order valence-corrected chi connectivity index (χ1v) is 9.92. The van der Waals surface area contributed by atoms with Gasteiger partial charge in [0, 0.05) is 0 Å². The number of carbonyl (C=O) groups excluding carboxylic acids is 1. The van der Waals surface area contributed by atoms with Crippen molar-refractivity contribution in [2.45, 2.75) is 24.8 Å². The SMILES string of the molecule is Cc1ccc(S(=O)(=O)N(c2ccc3ccccc3c2)C(C)C(=O)Cl)cc1. The molecule has 0 saturated heterocycles. The lowest BCUT2D eigenvalue weighted by Crippen LogP contribution is -2.42. The minimum atomic E-state index is -3.96. The minimum Gasteiger partial charge on any atom is -0.279 e. The lowest BCUT2D eigenvalue weighted by atomic mass is 10.1. The molecule has 1 atom stereocenters. The van der Waals surface area contributed by atoms with Crippen LogP contribution in [0.15, 0.2) is 71.6 Å². The monoisotopic (exact) mass is 387 g/mol. The van der Waals surface area contributed by atoms with Crippen molar-refractivity contribution in [3.05, 3.63) is 72.3 Å². The molecule has 0 amide bonds. The first kappa shape index (κ1) is 18.4. The van der Waals surface area contributed by atoms with Gasteiger partial charge in [-0.2, -0.15) is 0 Å². The molecule has 0 radical (unpaired) electrons. The third-order valence-corrected chi connectivity index (χ3v) is 6.47. The molecule has 0 spiro atoms. The van der Waals surface area contributed by atoms with E-state index < -0.39 is 21.3 Å². The number of hydrogen-bond acceptors (Lipinski definition) is 3. The number of hydrogen-bond donors (Lipinski definition) is 0. The smallest absolute Gasteiger partial charge is 0.265 e. The summed E-state index contributed by atoms with van der Waals surface area (Å²) in [5, 5.41) is 1.12. The van der Waals surface area contributed by atoms with Crippen molar-refractivity contribution in [1.82, 2.24) is 0 Å². The highest BCUT2D eigenvalue weighted by Gasteiger charge is 2.32. The molecule has 3 rings (SSSR count). The summed E-state index contributed by atoms with van der Waals surface area (Å²) in [5.41, 5.74) is 1.34. The van der Waals surface area contributed by atoms with Gasteiger partial charge in [-0.1, -0.05) is 48.0 Å². The Morgan fingerprint density at radius 1 is 0.962 bits per heavy atom. The fourth-order valence-electron chi connectivity index (χ4n) is 2.80. The van der Waals surface area contributed by atoms with E-state index in [9.17, 15) is 13.2 Å². The van der Waals surface area contributed by atoms with Gasteiger partial charge in [0.2, 0.25) is 5.24 Å². The van der Waals surface area contributed by atoms with Crippen molar-refractivity contribution < 1.29 is 13.2 Å². The first-order chi connectivity index (χ1) is 12.3. The van der Waals surface area contributed by atoms with Crippen LogP contribution in [0.1, 0.15) is 12.5 Å². The Hall–Kier alpha value is -2.37. The Bertz CT molecular complexity index is 1060. The summed E-state index contributed by atoms with van der Waals surface area (Å²) in [4.78, 5) is 11.9. The van der Waals surface area contributed by atoms with E-state index in [1.54, 1.807) is 24.3 Å². The van der Waals surface area contributed by atoms with E-state index in [0.29, 0.717) is 5.69 Å². The van der Waals surface area contributed by atoms with E-state index in [1.807, 2.05) is 37.3 Å². The molecule has 0 aliphatic carbocycles. The molecule has 0 aromatic heterocycles. The van der Waals surface area contributed by atoms with E-state index >= 15 is 0 Å². The Morgan fingerprint density at radius 3 is 2.19 bits per heavy atom. The number of aryl methyl sites for hydroxylation is 1. The summed E-state index contributed by atoms with van der Waals surface area (Å²) in [7, 11) is -3.96. The third-order valence-electron chi connectivity index (χ3n) is 4.25. The third kappa shape index (κ3) is 3.45. The zero-order valence-electron chi connectivity index (χ0n) is 14.4. The summed E-state index contributed by atoms with van der Waals surface area (Å²) >= 11 is 5.66. The molecule has 0 saturated carbocycles. The maximum Gasteiger partial charge on any atom is 0.265 e. The maximum absolute atomic E-state index is 13.2. The number of sulfonamides is 1. The summed E-state index contributed by atoms with van der Waals surface area (Å²) in [6.07, 6.45) is 0. The van der Waals surface area contributed by atoms with Crippen LogP contribution in [0.2, 0.25) is 0 Å². The molecular weight excluding hydrogens is 370 g/mol. The van der Waals surface area contributed by atoms with Crippen LogP contribution in [0.4, 0.5) is 5.69 Å². The summed E-state index contributed by atoms with van der Waals surface area (Å²) < 4.78 is 27.6. The summed E-state index contributed by atoms with van der Waals surface area (Å²) in [5.74, 6) is 0. The molecule has 0 heterocycles. The van der Waals surface area contributed by atoms with Crippen LogP contribution < -0.4 is 4.31 Å². The number of anilines is 1. The highest BCUT2D eigenvalue weighted by Crippen LogP contribution is 2.30. The largest absolute Gasteiger partial charge is 0.279 e. The molecule has 26 heavy (non-hydrogen) atoms. The van der Waals surface area contributed by atoms with Crippen LogP contribution in [-0.4, -0.2) is 19.7 Å². The van der Waals surface area contributed by atoms with Crippen molar-refractivity contribution in [3.8, 4) is 0 Å². The van der Waals surface area contributed by atoms with Gasteiger partial charge < -0.3 is 0 Å². The van der Waals surface area contributed by atoms with Gasteiger partial charge >= 0.3 is 0 Å². The van der Waals surface area contributed by atoms with Gasteiger partial charge in [0.05, 0.1) is 10.6 Å². The number of halogens is 1. The zero-order chi connectivity index (χ0) is 18.9. The predicted molar refractivity (Wildman–Crippen MR) is 105 cm³/mol. The van der Waals surface area contributed by atoms with Crippen molar-refractivity contribution >= 4 is 43.3 Å². The molecule has 0 fully saturated rings. The van der Waals surface area contributed by atoms with Crippen molar-refractivity contribution in [1.29, 1.82) is 0 Å². The molecule has 0 N–H and O–H groups in total. The molecule has 4 nitrogen and oxygen atoms in total. The summed E-state index contributed by atoms with van der Waals surface area (Å²) in [6.45, 7) is 3.36. The van der Waals surface area contributed by atoms with E-state index in [4.69, 9.17) is 11.6 Å². The normalized spacial score (nSPS) is 12.7. The minimum absolute atomic E-state index is 0.112. The summed E-state index contributed by atoms with van der Waals surface area (Å²) in [6, 6.07) is 18.3. The van der Waals surface area contributed by atoms with E-state index in [2.05, 4.69) is 0 Å². The average Bonchev–Trinajstić information content (AvgIpc) is 2.61. The molecule has 1 unspecified atom stereocenters. The molecule has 0 aliphatic rings. The second-order valence-electron chi connectivity index (χ2n) is 6.13. The van der Waals surface area contributed by atoms with E-state index in [0.717, 1.165) is 20.6 Å². The fraction of sp³-hybridized carbons (Fsp3) is 0.150. The predicted octanol–water partition coefficient (Wildman–Crippen LogP) is 4.50. The van der Waals surface area contributed by atoms with Crippen LogP contribution in [0, 0.1) is 6.92 Å². The lowest BCUT2D eigenvalue weighted by Gasteiger charge is -2.28. The standard InChI is InChI=1S/C20H18ClNO3S/c1-14-7-11-19(12-8-14)26(24,25)22(15(2)20(21)23)18-10-9-16-5-3-4-6-17(16)13-18/h3-13,15H,1-2H3. The van der Waals surface area contributed by atoms with E-state index in [-0.39, 0.29) is 4.90 Å². The Morgan fingerprint density at radius 2 is 1.58 bits per heavy atom. The zero-order valence-corrected chi connectivity index (χ0v) is 16.0. The van der Waals surface area contributed by atoms with Crippen LogP contribution in [-0.2, 0) is 14.8 Å². The molecule has 3 aromatic carbocycles. The highest BCUT2D eigenvalue weighted by atomic mass is 35.5. The van der Waals surface area contributed by atoms with Gasteiger partial charge in [-0.25, -0.2) is 8.42 Å². The van der Waals surface area contributed by atoms with Gasteiger partial charge in [0.1, 0.15) is 6.04 Å². The second kappa shape index (κ2) is 7.09. The second-order valence-corrected chi connectivity index (χ2v) is 8.31. The average molecular weight is 388 g/mol. The van der Waals surface area contributed by atoms with E-state index in [1.165, 1.54) is 19.1 Å². The number of benzene rings is 3. The van der Waals surface area contributed by atoms with Gasteiger partial charge in [-0.15, -0.1) is 0 Å². The van der Waals surface area contributed by atoms with Crippen LogP contribution in [0.3, 0.4) is 0 Å².